The van der Waals surface area contributed by atoms with Crippen LogP contribution in [0, 0.1) is 0 Å². The van der Waals surface area contributed by atoms with Crippen LogP contribution in [0.25, 0.3) is 0 Å². The maximum absolute atomic E-state index is 11.8. The van der Waals surface area contributed by atoms with Crippen molar-refractivity contribution in [1.29, 1.82) is 0 Å². The van der Waals surface area contributed by atoms with Crippen LogP contribution in [0.5, 0.6) is 5.75 Å². The average molecular weight is 220 g/mol. The minimum absolute atomic E-state index is 0.115. The van der Waals surface area contributed by atoms with Gasteiger partial charge >= 0.3 is 0 Å². The summed E-state index contributed by atoms with van der Waals surface area (Å²) in [5, 5.41) is 12.2. The van der Waals surface area contributed by atoms with Crippen LogP contribution in [-0.4, -0.2) is 42.1 Å². The van der Waals surface area contributed by atoms with Gasteiger partial charge in [0.25, 0.3) is 5.91 Å². The highest BCUT2D eigenvalue weighted by atomic mass is 16.3. The first-order valence-corrected chi connectivity index (χ1v) is 5.43. The molecule has 86 valence electrons. The molecule has 1 unspecified atom stereocenters. The van der Waals surface area contributed by atoms with Crippen molar-refractivity contribution in [1.82, 2.24) is 10.2 Å². The van der Waals surface area contributed by atoms with Crippen LogP contribution in [0.2, 0.25) is 0 Å². The minimum atomic E-state index is -0.115. The summed E-state index contributed by atoms with van der Waals surface area (Å²) in [6, 6.07) is 6.63. The van der Waals surface area contributed by atoms with E-state index in [9.17, 15) is 9.90 Å². The smallest absolute Gasteiger partial charge is 0.251 e. The second kappa shape index (κ2) is 4.53. The molecule has 1 aliphatic rings. The fourth-order valence-corrected chi connectivity index (χ4v) is 1.97. The molecule has 0 aromatic heterocycles. The second-order valence-corrected chi connectivity index (χ2v) is 4.27. The highest BCUT2D eigenvalue weighted by molar-refractivity contribution is 5.94. The van der Waals surface area contributed by atoms with E-state index in [0.717, 1.165) is 19.5 Å². The van der Waals surface area contributed by atoms with E-state index < -0.39 is 0 Å². The summed E-state index contributed by atoms with van der Waals surface area (Å²) in [6.45, 7) is 1.91. The molecule has 0 aliphatic carbocycles. The Bertz CT molecular complexity index is 392. The predicted octanol–water partition coefficient (Wildman–Crippen LogP) is 0.826. The number of hydrogen-bond donors (Lipinski definition) is 2. The molecule has 0 saturated carbocycles. The fourth-order valence-electron chi connectivity index (χ4n) is 1.97. The number of aromatic hydroxyl groups is 1. The largest absolute Gasteiger partial charge is 0.508 e. The predicted molar refractivity (Wildman–Crippen MR) is 61.5 cm³/mol. The fraction of sp³-hybridized carbons (Fsp3) is 0.417. The first-order valence-electron chi connectivity index (χ1n) is 5.43. The molecule has 1 aromatic carbocycles. The van der Waals surface area contributed by atoms with Gasteiger partial charge in [0.05, 0.1) is 0 Å². The maximum atomic E-state index is 11.8. The zero-order chi connectivity index (χ0) is 11.5. The van der Waals surface area contributed by atoms with Crippen molar-refractivity contribution in [3.05, 3.63) is 29.8 Å². The Hall–Kier alpha value is -1.55. The van der Waals surface area contributed by atoms with Gasteiger partial charge in [-0.05, 0) is 38.2 Å². The van der Waals surface area contributed by atoms with Crippen molar-refractivity contribution >= 4 is 5.91 Å². The van der Waals surface area contributed by atoms with Crippen molar-refractivity contribution in [2.75, 3.05) is 20.1 Å². The molecule has 1 atom stereocenters. The summed E-state index contributed by atoms with van der Waals surface area (Å²) in [4.78, 5) is 14.0. The molecular weight excluding hydrogens is 204 g/mol. The Morgan fingerprint density at radius 2 is 2.38 bits per heavy atom. The number of phenolic OH excluding ortho intramolecular Hbond substituents is 1. The number of hydrogen-bond acceptors (Lipinski definition) is 3. The second-order valence-electron chi connectivity index (χ2n) is 4.27. The molecule has 1 aliphatic heterocycles. The molecule has 1 heterocycles. The monoisotopic (exact) mass is 220 g/mol. The van der Waals surface area contributed by atoms with Crippen molar-refractivity contribution in [3.63, 3.8) is 0 Å². The van der Waals surface area contributed by atoms with E-state index >= 15 is 0 Å². The van der Waals surface area contributed by atoms with Gasteiger partial charge < -0.3 is 15.3 Å². The van der Waals surface area contributed by atoms with Gasteiger partial charge in [0.2, 0.25) is 0 Å². The Balaban J connectivity index is 1.98. The SMILES string of the molecule is CN1CCC(NC(=O)c2cccc(O)c2)C1. The van der Waals surface area contributed by atoms with Crippen molar-refractivity contribution in [2.24, 2.45) is 0 Å². The number of phenols is 1. The number of nitrogens with zero attached hydrogens (tertiary/aromatic N) is 1. The third-order valence-corrected chi connectivity index (χ3v) is 2.83. The topological polar surface area (TPSA) is 52.6 Å². The summed E-state index contributed by atoms with van der Waals surface area (Å²) in [5.74, 6) is 0.00684. The molecule has 0 spiro atoms. The molecule has 1 saturated heterocycles. The number of amides is 1. The van der Waals surface area contributed by atoms with Crippen molar-refractivity contribution in [3.8, 4) is 5.75 Å². The van der Waals surface area contributed by atoms with E-state index in [-0.39, 0.29) is 17.7 Å². The van der Waals surface area contributed by atoms with Gasteiger partial charge in [-0.3, -0.25) is 4.79 Å². The van der Waals surface area contributed by atoms with E-state index in [0.29, 0.717) is 5.56 Å². The van der Waals surface area contributed by atoms with E-state index in [2.05, 4.69) is 10.2 Å². The van der Waals surface area contributed by atoms with Crippen LogP contribution in [-0.2, 0) is 0 Å². The lowest BCUT2D eigenvalue weighted by Crippen LogP contribution is -2.36. The number of nitrogens with one attached hydrogen (secondary N) is 1. The van der Waals surface area contributed by atoms with Crippen LogP contribution in [0.1, 0.15) is 16.8 Å². The minimum Gasteiger partial charge on any atom is -0.508 e. The normalized spacial score (nSPS) is 20.9. The molecule has 0 radical (unpaired) electrons. The molecule has 1 amide bonds. The van der Waals surface area contributed by atoms with Gasteiger partial charge in [0.1, 0.15) is 5.75 Å². The summed E-state index contributed by atoms with van der Waals surface area (Å²) >= 11 is 0. The zero-order valence-corrected chi connectivity index (χ0v) is 9.31. The van der Waals surface area contributed by atoms with Crippen LogP contribution in [0.3, 0.4) is 0 Å². The number of carbonyl (C=O) groups excluding carboxylic acids is 1. The van der Waals surface area contributed by atoms with Crippen LogP contribution in [0.15, 0.2) is 24.3 Å². The van der Waals surface area contributed by atoms with Crippen LogP contribution in [0.4, 0.5) is 0 Å². The summed E-state index contributed by atoms with van der Waals surface area (Å²) in [6.07, 6.45) is 0.987. The molecule has 4 heteroatoms. The molecule has 2 rings (SSSR count). The van der Waals surface area contributed by atoms with Gasteiger partial charge in [0.15, 0.2) is 0 Å². The number of rotatable bonds is 2. The number of likely N-dealkylation sites (N-methyl/N-ethyl adjacent to an activating group) is 1. The first-order chi connectivity index (χ1) is 7.65. The highest BCUT2D eigenvalue weighted by Crippen LogP contribution is 2.12. The Labute approximate surface area is 94.9 Å². The van der Waals surface area contributed by atoms with Gasteiger partial charge in [-0.1, -0.05) is 6.07 Å². The van der Waals surface area contributed by atoms with E-state index in [1.807, 2.05) is 7.05 Å². The van der Waals surface area contributed by atoms with E-state index in [4.69, 9.17) is 0 Å². The molecule has 4 nitrogen and oxygen atoms in total. The Kier molecular flexibility index (Phi) is 3.10. The lowest BCUT2D eigenvalue weighted by atomic mass is 10.2. The Morgan fingerprint density at radius 3 is 3.00 bits per heavy atom. The first kappa shape index (κ1) is 11.0. The highest BCUT2D eigenvalue weighted by Gasteiger charge is 2.21. The maximum Gasteiger partial charge on any atom is 0.251 e. The van der Waals surface area contributed by atoms with Crippen molar-refractivity contribution in [2.45, 2.75) is 12.5 Å². The van der Waals surface area contributed by atoms with Gasteiger partial charge in [-0.25, -0.2) is 0 Å². The van der Waals surface area contributed by atoms with Crippen LogP contribution < -0.4 is 5.32 Å². The molecule has 1 fully saturated rings. The quantitative estimate of drug-likeness (QED) is 0.776. The standard InChI is InChI=1S/C12H16N2O2/c1-14-6-5-10(8-14)13-12(16)9-3-2-4-11(15)7-9/h2-4,7,10,15H,5-6,8H2,1H3,(H,13,16). The lowest BCUT2D eigenvalue weighted by Gasteiger charge is -2.12. The zero-order valence-electron chi connectivity index (χ0n) is 9.31. The average Bonchev–Trinajstić information content (AvgIpc) is 2.64. The third kappa shape index (κ3) is 2.52. The summed E-state index contributed by atoms with van der Waals surface area (Å²) in [5.41, 5.74) is 0.509. The third-order valence-electron chi connectivity index (χ3n) is 2.83. The summed E-state index contributed by atoms with van der Waals surface area (Å²) in [7, 11) is 2.04. The van der Waals surface area contributed by atoms with Gasteiger partial charge in [-0.2, -0.15) is 0 Å². The lowest BCUT2D eigenvalue weighted by molar-refractivity contribution is 0.0938. The summed E-state index contributed by atoms with van der Waals surface area (Å²) < 4.78 is 0. The Morgan fingerprint density at radius 1 is 1.56 bits per heavy atom. The van der Waals surface area contributed by atoms with Gasteiger partial charge in [0, 0.05) is 18.2 Å². The van der Waals surface area contributed by atoms with E-state index in [1.165, 1.54) is 6.07 Å². The van der Waals surface area contributed by atoms with Crippen LogP contribution >= 0.6 is 0 Å². The molecular formula is C12H16N2O2. The molecule has 2 N–H and O–H groups in total. The van der Waals surface area contributed by atoms with Crippen molar-refractivity contribution < 1.29 is 9.90 Å². The van der Waals surface area contributed by atoms with E-state index in [1.54, 1.807) is 18.2 Å². The number of carbonyl (C=O) groups is 1. The molecule has 0 bridgehead atoms. The number of benzene rings is 1. The number of likely N-dealkylation sites (tertiary alicyclic amines) is 1. The van der Waals surface area contributed by atoms with Gasteiger partial charge in [-0.15, -0.1) is 0 Å². The molecule has 16 heavy (non-hydrogen) atoms. The molecule has 1 aromatic rings.